The second-order valence-electron chi connectivity index (χ2n) is 7.52. The highest BCUT2D eigenvalue weighted by Gasteiger charge is 2.48. The van der Waals surface area contributed by atoms with Crippen LogP contribution in [-0.2, 0) is 18.9 Å². The van der Waals surface area contributed by atoms with E-state index in [2.05, 4.69) is 27.6 Å². The lowest BCUT2D eigenvalue weighted by Gasteiger charge is -2.47. The molecule has 2 aromatic carbocycles. The molecule has 6 atom stereocenters. The summed E-state index contributed by atoms with van der Waals surface area (Å²) in [4.78, 5) is 4.49. The summed E-state index contributed by atoms with van der Waals surface area (Å²) >= 11 is 2.13. The minimum atomic E-state index is -0.980. The van der Waals surface area contributed by atoms with Crippen molar-refractivity contribution < 1.29 is 24.1 Å². The van der Waals surface area contributed by atoms with Crippen LogP contribution in [0.15, 0.2) is 78.9 Å². The highest BCUT2D eigenvalue weighted by molar-refractivity contribution is 14.1. The lowest BCUT2D eigenvalue weighted by atomic mass is 9.97. The Hall–Kier alpha value is -1.88. The molecule has 0 radical (unpaired) electrons. The van der Waals surface area contributed by atoms with Crippen molar-refractivity contribution in [3.63, 3.8) is 0 Å². The Kier molecular flexibility index (Phi) is 6.31. The first kappa shape index (κ1) is 21.0. The quantitative estimate of drug-likeness (QED) is 0.400. The predicted octanol–water partition coefficient (Wildman–Crippen LogP) is 4.32. The van der Waals surface area contributed by atoms with Crippen molar-refractivity contribution in [3.05, 3.63) is 99.4 Å². The summed E-state index contributed by atoms with van der Waals surface area (Å²) in [7, 11) is 0. The topological polar surface area (TPSA) is 70.0 Å². The molecule has 7 heteroatoms. The van der Waals surface area contributed by atoms with E-state index >= 15 is 0 Å². The zero-order chi connectivity index (χ0) is 21.2. The van der Waals surface area contributed by atoms with Gasteiger partial charge in [0.1, 0.15) is 28.1 Å². The highest BCUT2D eigenvalue weighted by Crippen LogP contribution is 2.41. The number of halogens is 1. The molecule has 3 aromatic rings. The molecule has 5 rings (SSSR count). The zero-order valence-electron chi connectivity index (χ0n) is 16.6. The number of pyridine rings is 1. The Labute approximate surface area is 194 Å². The van der Waals surface area contributed by atoms with Gasteiger partial charge in [-0.2, -0.15) is 0 Å². The van der Waals surface area contributed by atoms with Crippen molar-refractivity contribution in [3.8, 4) is 0 Å². The van der Waals surface area contributed by atoms with Gasteiger partial charge >= 0.3 is 0 Å². The maximum absolute atomic E-state index is 11.3. The third-order valence-corrected chi connectivity index (χ3v) is 6.06. The van der Waals surface area contributed by atoms with Crippen molar-refractivity contribution in [1.82, 2.24) is 4.98 Å². The van der Waals surface area contributed by atoms with Gasteiger partial charge in [-0.3, -0.25) is 0 Å². The average Bonchev–Trinajstić information content (AvgIpc) is 2.83. The fraction of sp³-hybridized carbons (Fsp3) is 0.292. The van der Waals surface area contributed by atoms with Crippen LogP contribution in [0.5, 0.6) is 0 Å². The molecule has 2 aliphatic rings. The number of rotatable bonds is 4. The van der Waals surface area contributed by atoms with Gasteiger partial charge in [-0.05, 0) is 34.7 Å². The van der Waals surface area contributed by atoms with Crippen LogP contribution in [0.25, 0.3) is 0 Å². The molecule has 2 aliphatic heterocycles. The Morgan fingerprint density at radius 3 is 2.16 bits per heavy atom. The first-order chi connectivity index (χ1) is 15.2. The number of ether oxygens (including phenoxy) is 4. The SMILES string of the molecule is O[C@H](c1cccc(I)n1)[C@@H]1OC(c2ccccc2)O[C@@H]2COC(c3ccccc3)O[C@@H]12. The summed E-state index contributed by atoms with van der Waals surface area (Å²) in [5, 5.41) is 11.3. The summed E-state index contributed by atoms with van der Waals surface area (Å²) in [5.41, 5.74) is 2.32. The Balaban J connectivity index is 1.45. The van der Waals surface area contributed by atoms with Crippen molar-refractivity contribution in [2.45, 2.75) is 37.0 Å². The Morgan fingerprint density at radius 1 is 0.806 bits per heavy atom. The van der Waals surface area contributed by atoms with Gasteiger partial charge in [0.15, 0.2) is 12.6 Å². The maximum Gasteiger partial charge on any atom is 0.184 e. The van der Waals surface area contributed by atoms with E-state index < -0.39 is 30.9 Å². The largest absolute Gasteiger partial charge is 0.384 e. The van der Waals surface area contributed by atoms with Gasteiger partial charge in [-0.25, -0.2) is 4.98 Å². The van der Waals surface area contributed by atoms with Crippen molar-refractivity contribution in [2.75, 3.05) is 6.61 Å². The lowest BCUT2D eigenvalue weighted by molar-refractivity contribution is -0.373. The first-order valence-electron chi connectivity index (χ1n) is 10.2. The number of hydrogen-bond donors (Lipinski definition) is 1. The zero-order valence-corrected chi connectivity index (χ0v) is 18.7. The minimum Gasteiger partial charge on any atom is -0.384 e. The number of aromatic nitrogens is 1. The molecule has 160 valence electrons. The van der Waals surface area contributed by atoms with Gasteiger partial charge in [0, 0.05) is 11.1 Å². The number of benzene rings is 2. The number of hydrogen-bond acceptors (Lipinski definition) is 6. The Bertz CT molecular complexity index is 1010. The second-order valence-corrected chi connectivity index (χ2v) is 8.63. The van der Waals surface area contributed by atoms with Crippen LogP contribution in [0.2, 0.25) is 0 Å². The van der Waals surface area contributed by atoms with Crippen molar-refractivity contribution in [1.29, 1.82) is 0 Å². The molecule has 6 nitrogen and oxygen atoms in total. The predicted molar refractivity (Wildman–Crippen MR) is 121 cm³/mol. The van der Waals surface area contributed by atoms with E-state index in [1.165, 1.54) is 0 Å². The van der Waals surface area contributed by atoms with Crippen LogP contribution >= 0.6 is 22.6 Å². The molecule has 2 fully saturated rings. The highest BCUT2D eigenvalue weighted by atomic mass is 127. The van der Waals surface area contributed by atoms with E-state index in [1.54, 1.807) is 6.07 Å². The van der Waals surface area contributed by atoms with E-state index in [4.69, 9.17) is 18.9 Å². The van der Waals surface area contributed by atoms with Crippen LogP contribution in [0, 0.1) is 3.70 Å². The first-order valence-corrected chi connectivity index (χ1v) is 11.3. The standard InChI is InChI=1S/C24H22INO5/c25-19-13-7-12-17(26-19)20(27)22-21-18(29-24(31-22)16-10-5-2-6-11-16)14-28-23(30-21)15-8-3-1-4-9-15/h1-13,18,20-24,27H,14H2/t18-,20-,21-,22+,23?,24?/m1/s1. The van der Waals surface area contributed by atoms with Gasteiger partial charge in [-0.15, -0.1) is 0 Å². The van der Waals surface area contributed by atoms with E-state index in [0.29, 0.717) is 12.3 Å². The second kappa shape index (κ2) is 9.32. The van der Waals surface area contributed by atoms with E-state index in [0.717, 1.165) is 14.8 Å². The third-order valence-electron chi connectivity index (χ3n) is 5.46. The molecule has 0 amide bonds. The number of fused-ring (bicyclic) bond motifs is 1. The number of aliphatic hydroxyl groups excluding tert-OH is 1. The molecule has 0 saturated carbocycles. The molecular formula is C24H22INO5. The van der Waals surface area contributed by atoms with Crippen molar-refractivity contribution >= 4 is 22.6 Å². The molecule has 0 aliphatic carbocycles. The Morgan fingerprint density at radius 2 is 1.48 bits per heavy atom. The van der Waals surface area contributed by atoms with Crippen molar-refractivity contribution in [2.24, 2.45) is 0 Å². The lowest BCUT2D eigenvalue weighted by Crippen LogP contribution is -2.56. The van der Waals surface area contributed by atoms with Gasteiger partial charge in [0.05, 0.1) is 12.3 Å². The molecule has 0 spiro atoms. The molecular weight excluding hydrogens is 509 g/mol. The van der Waals surface area contributed by atoms with Crippen LogP contribution in [0.3, 0.4) is 0 Å². The molecule has 1 N–H and O–H groups in total. The fourth-order valence-electron chi connectivity index (χ4n) is 3.93. The van der Waals surface area contributed by atoms with E-state index in [9.17, 15) is 5.11 Å². The van der Waals surface area contributed by atoms with Crippen LogP contribution < -0.4 is 0 Å². The van der Waals surface area contributed by atoms with E-state index in [-0.39, 0.29) is 6.10 Å². The van der Waals surface area contributed by atoms with Gasteiger partial charge < -0.3 is 24.1 Å². The van der Waals surface area contributed by atoms with Gasteiger partial charge in [-0.1, -0.05) is 66.7 Å². The number of nitrogens with zero attached hydrogens (tertiary/aromatic N) is 1. The summed E-state index contributed by atoms with van der Waals surface area (Å²) < 4.78 is 25.5. The molecule has 2 saturated heterocycles. The smallest absolute Gasteiger partial charge is 0.184 e. The summed E-state index contributed by atoms with van der Waals surface area (Å²) in [6, 6.07) is 25.0. The normalized spacial score (nSPS) is 29.2. The average molecular weight is 531 g/mol. The monoisotopic (exact) mass is 531 g/mol. The molecule has 0 bridgehead atoms. The molecule has 3 heterocycles. The molecule has 2 unspecified atom stereocenters. The minimum absolute atomic E-state index is 0.333. The molecule has 31 heavy (non-hydrogen) atoms. The van der Waals surface area contributed by atoms with Crippen LogP contribution in [0.4, 0.5) is 0 Å². The van der Waals surface area contributed by atoms with Crippen LogP contribution in [-0.4, -0.2) is 35.0 Å². The molecule has 1 aromatic heterocycles. The summed E-state index contributed by atoms with van der Waals surface area (Å²) in [5.74, 6) is 0. The summed E-state index contributed by atoms with van der Waals surface area (Å²) in [6.45, 7) is 0.333. The van der Waals surface area contributed by atoms with Gasteiger partial charge in [0.2, 0.25) is 0 Å². The fourth-order valence-corrected chi connectivity index (χ4v) is 4.41. The summed E-state index contributed by atoms with van der Waals surface area (Å²) in [6.07, 6.45) is -3.75. The third kappa shape index (κ3) is 4.52. The van der Waals surface area contributed by atoms with Gasteiger partial charge in [0.25, 0.3) is 0 Å². The maximum atomic E-state index is 11.3. The number of aliphatic hydroxyl groups is 1. The van der Waals surface area contributed by atoms with E-state index in [1.807, 2.05) is 72.8 Å². The van der Waals surface area contributed by atoms with Crippen LogP contribution in [0.1, 0.15) is 35.5 Å².